The Bertz CT molecular complexity index is 697. The molecule has 1 aliphatic carbocycles. The molecular formula is C28H46O7. The summed E-state index contributed by atoms with van der Waals surface area (Å²) in [4.78, 5) is 23.7. The van der Waals surface area contributed by atoms with Gasteiger partial charge in [0.25, 0.3) is 0 Å². The molecule has 0 aromatic carbocycles. The minimum atomic E-state index is -0.917. The van der Waals surface area contributed by atoms with Gasteiger partial charge in [0.1, 0.15) is 5.78 Å². The molecule has 2 saturated heterocycles. The van der Waals surface area contributed by atoms with Crippen molar-refractivity contribution in [2.24, 2.45) is 11.8 Å². The fourth-order valence-corrected chi connectivity index (χ4v) is 5.89. The number of carbonyl (C=O) groups is 2. The van der Waals surface area contributed by atoms with Gasteiger partial charge in [0.05, 0.1) is 18.3 Å². The minimum absolute atomic E-state index is 0.0172. The molecule has 3 fully saturated rings. The van der Waals surface area contributed by atoms with Crippen LogP contribution >= 0.6 is 0 Å². The molecule has 0 spiro atoms. The zero-order chi connectivity index (χ0) is 25.3. The van der Waals surface area contributed by atoms with Crippen molar-refractivity contribution in [3.05, 3.63) is 12.2 Å². The van der Waals surface area contributed by atoms with E-state index in [-0.39, 0.29) is 36.4 Å². The van der Waals surface area contributed by atoms with E-state index in [1.165, 1.54) is 6.08 Å². The molecular weight excluding hydrogens is 448 g/mol. The van der Waals surface area contributed by atoms with Gasteiger partial charge in [-0.05, 0) is 77.6 Å². The van der Waals surface area contributed by atoms with Gasteiger partial charge in [-0.2, -0.15) is 0 Å². The molecule has 0 bridgehead atoms. The Morgan fingerprint density at radius 3 is 2.54 bits per heavy atom. The SMILES string of the molecule is CCCCC1OC(C)(C)OC1CC[C@H]1[C@H](OC2CCCCO2)CC(=O)[C@@H]1CCCCC=CC(=O)O. The Morgan fingerprint density at radius 1 is 1.09 bits per heavy atom. The molecule has 0 aromatic rings. The molecule has 1 N–H and O–H groups in total. The summed E-state index contributed by atoms with van der Waals surface area (Å²) >= 11 is 0. The van der Waals surface area contributed by atoms with Crippen LogP contribution in [0.25, 0.3) is 0 Å². The first-order chi connectivity index (χ1) is 16.8. The van der Waals surface area contributed by atoms with Crippen molar-refractivity contribution in [3.63, 3.8) is 0 Å². The van der Waals surface area contributed by atoms with Gasteiger partial charge in [0.2, 0.25) is 0 Å². The van der Waals surface area contributed by atoms with Crippen LogP contribution in [0.5, 0.6) is 0 Å². The van der Waals surface area contributed by atoms with Gasteiger partial charge in [0, 0.05) is 25.0 Å². The molecule has 0 aromatic heterocycles. The maximum Gasteiger partial charge on any atom is 0.327 e. The Hall–Kier alpha value is -1.28. The van der Waals surface area contributed by atoms with Gasteiger partial charge in [-0.1, -0.05) is 32.3 Å². The van der Waals surface area contributed by atoms with E-state index in [0.29, 0.717) is 12.2 Å². The highest BCUT2D eigenvalue weighted by Crippen LogP contribution is 2.41. The molecule has 6 atom stereocenters. The average Bonchev–Trinajstić information content (AvgIpc) is 3.27. The summed E-state index contributed by atoms with van der Waals surface area (Å²) in [5, 5.41) is 8.75. The zero-order valence-corrected chi connectivity index (χ0v) is 21.9. The summed E-state index contributed by atoms with van der Waals surface area (Å²) < 4.78 is 24.7. The number of carboxylic acid groups (broad SMARTS) is 1. The van der Waals surface area contributed by atoms with Crippen LogP contribution in [0.1, 0.15) is 104 Å². The van der Waals surface area contributed by atoms with Crippen molar-refractivity contribution in [2.75, 3.05) is 6.61 Å². The maximum atomic E-state index is 13.1. The van der Waals surface area contributed by atoms with E-state index in [4.69, 9.17) is 24.1 Å². The van der Waals surface area contributed by atoms with Gasteiger partial charge < -0.3 is 24.1 Å². The minimum Gasteiger partial charge on any atom is -0.478 e. The monoisotopic (exact) mass is 494 g/mol. The summed E-state index contributed by atoms with van der Waals surface area (Å²) in [6, 6.07) is 0. The number of hydrogen-bond acceptors (Lipinski definition) is 6. The predicted octanol–water partition coefficient (Wildman–Crippen LogP) is 5.80. The van der Waals surface area contributed by atoms with Crippen LogP contribution in [0.3, 0.4) is 0 Å². The predicted molar refractivity (Wildman–Crippen MR) is 133 cm³/mol. The van der Waals surface area contributed by atoms with Crippen molar-refractivity contribution in [2.45, 2.75) is 135 Å². The molecule has 0 radical (unpaired) electrons. The van der Waals surface area contributed by atoms with Gasteiger partial charge in [-0.15, -0.1) is 0 Å². The van der Waals surface area contributed by atoms with Crippen molar-refractivity contribution < 1.29 is 33.6 Å². The number of ketones is 1. The molecule has 1 saturated carbocycles. The maximum absolute atomic E-state index is 13.1. The van der Waals surface area contributed by atoms with Crippen LogP contribution in [0.15, 0.2) is 12.2 Å². The lowest BCUT2D eigenvalue weighted by Gasteiger charge is -2.30. The zero-order valence-electron chi connectivity index (χ0n) is 21.9. The van der Waals surface area contributed by atoms with Gasteiger partial charge in [-0.25, -0.2) is 4.79 Å². The van der Waals surface area contributed by atoms with Gasteiger partial charge >= 0.3 is 5.97 Å². The van der Waals surface area contributed by atoms with E-state index in [0.717, 1.165) is 83.7 Å². The number of Topliss-reactive ketones (excluding diaryl/α,β-unsaturated/α-hetero) is 1. The third-order valence-electron chi connectivity index (χ3n) is 7.58. The lowest BCUT2D eigenvalue weighted by atomic mass is 9.84. The number of aliphatic carboxylic acids is 1. The standard InChI is InChI=1S/C28H46O7/c1-4-5-13-23-24(35-28(2,3)34-23)17-16-21-20(12-8-6-7-9-14-26(30)31)22(29)19-25(21)33-27-15-10-11-18-32-27/h9,14,20-21,23-25,27H,4-8,10-13,15-19H2,1-3H3,(H,30,31)/t20-,21-,23?,24?,25-,27?/m1/s1. The number of hydrogen-bond donors (Lipinski definition) is 1. The molecule has 3 rings (SSSR count). The van der Waals surface area contributed by atoms with E-state index >= 15 is 0 Å². The second-order valence-electron chi connectivity index (χ2n) is 10.9. The van der Waals surface area contributed by atoms with Gasteiger partial charge in [-0.3, -0.25) is 4.79 Å². The molecule has 200 valence electrons. The van der Waals surface area contributed by atoms with Crippen molar-refractivity contribution >= 4 is 11.8 Å². The quantitative estimate of drug-likeness (QED) is 0.241. The Balaban J connectivity index is 1.61. The second kappa shape index (κ2) is 13.9. The third-order valence-corrected chi connectivity index (χ3v) is 7.58. The smallest absolute Gasteiger partial charge is 0.327 e. The number of unbranched alkanes of at least 4 members (excludes halogenated alkanes) is 3. The summed E-state index contributed by atoms with van der Waals surface area (Å²) in [5.41, 5.74) is 0. The summed E-state index contributed by atoms with van der Waals surface area (Å²) in [7, 11) is 0. The summed E-state index contributed by atoms with van der Waals surface area (Å²) in [6.45, 7) is 6.89. The highest BCUT2D eigenvalue weighted by atomic mass is 16.7. The van der Waals surface area contributed by atoms with Crippen LogP contribution in [0.4, 0.5) is 0 Å². The molecule has 2 heterocycles. The van der Waals surface area contributed by atoms with E-state index in [9.17, 15) is 9.59 Å². The van der Waals surface area contributed by atoms with E-state index in [1.54, 1.807) is 6.08 Å². The number of ether oxygens (including phenoxy) is 4. The molecule has 0 amide bonds. The first kappa shape index (κ1) is 28.3. The van der Waals surface area contributed by atoms with Crippen molar-refractivity contribution in [1.82, 2.24) is 0 Å². The molecule has 2 aliphatic heterocycles. The van der Waals surface area contributed by atoms with E-state index in [2.05, 4.69) is 6.92 Å². The van der Waals surface area contributed by atoms with Crippen LogP contribution in [-0.2, 0) is 28.5 Å². The Morgan fingerprint density at radius 2 is 1.86 bits per heavy atom. The fourth-order valence-electron chi connectivity index (χ4n) is 5.89. The van der Waals surface area contributed by atoms with Crippen LogP contribution in [0.2, 0.25) is 0 Å². The third kappa shape index (κ3) is 8.96. The first-order valence-electron chi connectivity index (χ1n) is 13.8. The van der Waals surface area contributed by atoms with Crippen LogP contribution in [-0.4, -0.2) is 53.9 Å². The van der Waals surface area contributed by atoms with Gasteiger partial charge in [0.15, 0.2) is 12.1 Å². The second-order valence-corrected chi connectivity index (χ2v) is 10.9. The van der Waals surface area contributed by atoms with E-state index in [1.807, 2.05) is 13.8 Å². The summed E-state index contributed by atoms with van der Waals surface area (Å²) in [5.74, 6) is -1.05. The lowest BCUT2D eigenvalue weighted by Crippen LogP contribution is -2.32. The normalized spacial score (nSPS) is 33.1. The molecule has 35 heavy (non-hydrogen) atoms. The topological polar surface area (TPSA) is 91.3 Å². The van der Waals surface area contributed by atoms with Crippen LogP contribution < -0.4 is 0 Å². The number of carbonyl (C=O) groups excluding carboxylic acids is 1. The Labute approximate surface area is 210 Å². The first-order valence-corrected chi connectivity index (χ1v) is 13.8. The molecule has 3 unspecified atom stereocenters. The highest BCUT2D eigenvalue weighted by molar-refractivity contribution is 5.84. The largest absolute Gasteiger partial charge is 0.478 e. The number of rotatable bonds is 14. The average molecular weight is 495 g/mol. The molecule has 7 heteroatoms. The van der Waals surface area contributed by atoms with Crippen molar-refractivity contribution in [1.29, 1.82) is 0 Å². The fraction of sp³-hybridized carbons (Fsp3) is 0.857. The van der Waals surface area contributed by atoms with E-state index < -0.39 is 11.8 Å². The molecule has 7 nitrogen and oxygen atoms in total. The summed E-state index contributed by atoms with van der Waals surface area (Å²) in [6.07, 6.45) is 14.5. The highest BCUT2D eigenvalue weighted by Gasteiger charge is 2.46. The molecule has 3 aliphatic rings. The number of carboxylic acids is 1. The van der Waals surface area contributed by atoms with Crippen molar-refractivity contribution in [3.8, 4) is 0 Å². The van der Waals surface area contributed by atoms with Crippen LogP contribution in [0, 0.1) is 11.8 Å². The lowest BCUT2D eigenvalue weighted by molar-refractivity contribution is -0.196. The number of allylic oxidation sites excluding steroid dienone is 1. The Kier molecular flexibility index (Phi) is 11.2.